The Morgan fingerprint density at radius 2 is 1.39 bits per heavy atom. The zero-order valence-electron chi connectivity index (χ0n) is 10.8. The monoisotopic (exact) mass is 270 g/mol. The van der Waals surface area contributed by atoms with Crippen LogP contribution in [0.4, 0.5) is 0 Å². The molecule has 1 rings (SSSR count). The molecular formula is C12H19AlO5. The van der Waals surface area contributed by atoms with Gasteiger partial charge in [-0.15, -0.1) is 0 Å². The summed E-state index contributed by atoms with van der Waals surface area (Å²) in [6.07, 6.45) is 0. The van der Waals surface area contributed by atoms with Crippen molar-refractivity contribution in [3.8, 4) is 5.75 Å². The molecule has 0 saturated carbocycles. The Morgan fingerprint density at radius 1 is 0.833 bits per heavy atom. The Bertz CT molecular complexity index is 286. The fourth-order valence-corrected chi connectivity index (χ4v) is 2.37. The minimum atomic E-state index is -2.18. The van der Waals surface area contributed by atoms with Crippen LogP contribution in [-0.2, 0) is 17.1 Å². The van der Waals surface area contributed by atoms with Crippen molar-refractivity contribution in [1.29, 1.82) is 0 Å². The van der Waals surface area contributed by atoms with Gasteiger partial charge < -0.3 is 20.8 Å². The van der Waals surface area contributed by atoms with Crippen molar-refractivity contribution >= 4 is 15.1 Å². The lowest BCUT2D eigenvalue weighted by Crippen LogP contribution is -2.33. The van der Waals surface area contributed by atoms with E-state index in [2.05, 4.69) is 0 Å². The highest BCUT2D eigenvalue weighted by Crippen LogP contribution is 2.10. The van der Waals surface area contributed by atoms with Crippen LogP contribution in [0.25, 0.3) is 0 Å². The molecule has 0 aliphatic heterocycles. The molecule has 0 aliphatic carbocycles. The van der Waals surface area contributed by atoms with Gasteiger partial charge in [-0.3, -0.25) is 0 Å². The molecule has 0 atom stereocenters. The molecule has 100 valence electrons. The maximum Gasteiger partial charge on any atom is 1.00 e. The summed E-state index contributed by atoms with van der Waals surface area (Å²) < 4.78 is 26.6. The molecule has 0 bridgehead atoms. The first-order valence-corrected chi connectivity index (χ1v) is 7.21. The van der Waals surface area contributed by atoms with E-state index in [9.17, 15) is 0 Å². The first kappa shape index (κ1) is 15.4. The summed E-state index contributed by atoms with van der Waals surface area (Å²) in [7, 11) is 3.26. The molecule has 1 aromatic carbocycles. The van der Waals surface area contributed by atoms with Crippen LogP contribution in [0, 0.1) is 0 Å². The number of benzene rings is 1. The molecule has 0 N–H and O–H groups in total. The predicted molar refractivity (Wildman–Crippen MR) is 68.5 cm³/mol. The van der Waals surface area contributed by atoms with Crippen molar-refractivity contribution in [1.82, 2.24) is 0 Å². The summed E-state index contributed by atoms with van der Waals surface area (Å²) >= 11 is -2.18. The second kappa shape index (κ2) is 10.3. The summed E-state index contributed by atoms with van der Waals surface area (Å²) in [6.45, 7) is 1.98. The standard InChI is InChI=1S/C6H6O.2C3H7O2.Al/c7-6-4-2-1-3-5-6;2*1-5-3-2-4;/h1-5,7H;2*2-3H2,1H3;/q;2*-1;+3/p-1. The third-order valence-electron chi connectivity index (χ3n) is 2.06. The first-order chi connectivity index (χ1) is 8.86. The van der Waals surface area contributed by atoms with Gasteiger partial charge in [-0.25, -0.2) is 0 Å². The van der Waals surface area contributed by atoms with Crippen molar-refractivity contribution in [3.63, 3.8) is 0 Å². The maximum absolute atomic E-state index is 5.69. The summed E-state index contributed by atoms with van der Waals surface area (Å²) in [5.74, 6) is 0.754. The smallest absolute Gasteiger partial charge is 0.599 e. The van der Waals surface area contributed by atoms with Crippen LogP contribution in [0.1, 0.15) is 0 Å². The number of hydrogen-bond donors (Lipinski definition) is 0. The zero-order valence-corrected chi connectivity index (χ0v) is 12.0. The third kappa shape index (κ3) is 6.97. The highest BCUT2D eigenvalue weighted by atomic mass is 27.3. The predicted octanol–water partition coefficient (Wildman–Crippen LogP) is 1.38. The van der Waals surface area contributed by atoms with Gasteiger partial charge in [0.2, 0.25) is 0 Å². The Balaban J connectivity index is 2.37. The van der Waals surface area contributed by atoms with Crippen LogP contribution in [0.3, 0.4) is 0 Å². The van der Waals surface area contributed by atoms with Crippen molar-refractivity contribution in [2.75, 3.05) is 40.6 Å². The Kier molecular flexibility index (Phi) is 8.86. The van der Waals surface area contributed by atoms with Crippen molar-refractivity contribution in [2.45, 2.75) is 0 Å². The van der Waals surface area contributed by atoms with E-state index in [1.807, 2.05) is 30.3 Å². The van der Waals surface area contributed by atoms with Gasteiger partial charge in [-0.2, -0.15) is 0 Å². The van der Waals surface area contributed by atoms with Gasteiger partial charge in [0.15, 0.2) is 0 Å². The van der Waals surface area contributed by atoms with E-state index in [0.717, 1.165) is 5.75 Å². The van der Waals surface area contributed by atoms with E-state index in [1.165, 1.54) is 0 Å². The highest BCUT2D eigenvalue weighted by molar-refractivity contribution is 6.37. The highest BCUT2D eigenvalue weighted by Gasteiger charge is 2.34. The van der Waals surface area contributed by atoms with Gasteiger partial charge in [0.1, 0.15) is 0 Å². The summed E-state index contributed by atoms with van der Waals surface area (Å²) in [4.78, 5) is 0. The SMILES string of the molecule is COCC[O][Al]([O]CCOC)[O]c1ccccc1. The van der Waals surface area contributed by atoms with Crippen LogP contribution >= 0.6 is 0 Å². The van der Waals surface area contributed by atoms with E-state index in [-0.39, 0.29) is 0 Å². The molecule has 0 amide bonds. The number of methoxy groups -OCH3 is 2. The van der Waals surface area contributed by atoms with Gasteiger partial charge in [0, 0.05) is 27.4 Å². The van der Waals surface area contributed by atoms with Gasteiger partial charge in [-0.05, 0) is 12.1 Å². The second-order valence-electron chi connectivity index (χ2n) is 3.45. The molecule has 0 unspecified atom stereocenters. The van der Waals surface area contributed by atoms with Crippen LogP contribution in [0.5, 0.6) is 5.75 Å². The lowest BCUT2D eigenvalue weighted by Gasteiger charge is -2.14. The molecule has 1 aromatic rings. The van der Waals surface area contributed by atoms with Gasteiger partial charge >= 0.3 is 15.1 Å². The van der Waals surface area contributed by atoms with Crippen LogP contribution in [0.15, 0.2) is 30.3 Å². The fraction of sp³-hybridized carbons (Fsp3) is 0.500. The molecule has 0 saturated heterocycles. The lowest BCUT2D eigenvalue weighted by atomic mass is 10.3. The second-order valence-corrected chi connectivity index (χ2v) is 4.93. The maximum atomic E-state index is 5.69. The van der Waals surface area contributed by atoms with Gasteiger partial charge in [-0.1, -0.05) is 18.2 Å². The van der Waals surface area contributed by atoms with E-state index in [4.69, 9.17) is 20.8 Å². The zero-order chi connectivity index (χ0) is 13.1. The first-order valence-electron chi connectivity index (χ1n) is 5.79. The summed E-state index contributed by atoms with van der Waals surface area (Å²) in [5.41, 5.74) is 0. The number of para-hydroxylation sites is 1. The molecular weight excluding hydrogens is 251 g/mol. The Labute approximate surface area is 113 Å². The van der Waals surface area contributed by atoms with Gasteiger partial charge in [0.05, 0.1) is 19.0 Å². The van der Waals surface area contributed by atoms with Crippen molar-refractivity contribution in [3.05, 3.63) is 30.3 Å². The molecule has 0 aliphatic rings. The average molecular weight is 270 g/mol. The molecule has 0 radical (unpaired) electrons. The van der Waals surface area contributed by atoms with Crippen LogP contribution < -0.4 is 3.79 Å². The molecule has 0 aromatic heterocycles. The molecule has 0 heterocycles. The van der Waals surface area contributed by atoms with Crippen molar-refractivity contribution in [2.24, 2.45) is 0 Å². The molecule has 0 spiro atoms. The normalized spacial score (nSPS) is 10.3. The van der Waals surface area contributed by atoms with E-state index >= 15 is 0 Å². The van der Waals surface area contributed by atoms with E-state index in [1.54, 1.807) is 14.2 Å². The van der Waals surface area contributed by atoms with Crippen molar-refractivity contribution < 1.29 is 20.8 Å². The largest absolute Gasteiger partial charge is 1.00 e. The average Bonchev–Trinajstić information content (AvgIpc) is 2.40. The number of hydrogen-bond acceptors (Lipinski definition) is 5. The lowest BCUT2D eigenvalue weighted by molar-refractivity contribution is 0.0743. The minimum absolute atomic E-state index is 0.465. The number of ether oxygens (including phenoxy) is 2. The third-order valence-corrected chi connectivity index (χ3v) is 3.54. The molecule has 5 nitrogen and oxygen atoms in total. The quantitative estimate of drug-likeness (QED) is 0.475. The molecule has 0 fully saturated rings. The molecule has 6 heteroatoms. The molecule has 18 heavy (non-hydrogen) atoms. The fourth-order valence-electron chi connectivity index (χ4n) is 1.18. The Hall–Kier alpha value is -0.608. The van der Waals surface area contributed by atoms with E-state index in [0.29, 0.717) is 26.4 Å². The topological polar surface area (TPSA) is 46.2 Å². The van der Waals surface area contributed by atoms with Crippen LogP contribution in [-0.4, -0.2) is 55.8 Å². The summed E-state index contributed by atoms with van der Waals surface area (Å²) in [5, 5.41) is 0. The minimum Gasteiger partial charge on any atom is -0.599 e. The summed E-state index contributed by atoms with van der Waals surface area (Å²) in [6, 6.07) is 9.50. The van der Waals surface area contributed by atoms with Gasteiger partial charge in [0.25, 0.3) is 0 Å². The van der Waals surface area contributed by atoms with Crippen LogP contribution in [0.2, 0.25) is 0 Å². The number of rotatable bonds is 10. The Morgan fingerprint density at radius 3 is 1.89 bits per heavy atom. The van der Waals surface area contributed by atoms with E-state index < -0.39 is 15.1 Å².